The molecule has 1 spiro atoms. The van der Waals surface area contributed by atoms with Gasteiger partial charge in [0.15, 0.2) is 0 Å². The van der Waals surface area contributed by atoms with Crippen LogP contribution in [0.15, 0.2) is 24.3 Å². The molecule has 1 fully saturated rings. The fourth-order valence-electron chi connectivity index (χ4n) is 4.88. The number of rotatable bonds is 4. The van der Waals surface area contributed by atoms with Crippen LogP contribution in [0, 0.1) is 13.8 Å². The van der Waals surface area contributed by atoms with Crippen molar-refractivity contribution >= 4 is 11.8 Å². The fraction of sp³-hybridized carbons (Fsp3) is 0.542. The zero-order valence-corrected chi connectivity index (χ0v) is 18.9. The lowest BCUT2D eigenvalue weighted by Gasteiger charge is -2.42. The summed E-state index contributed by atoms with van der Waals surface area (Å²) in [4.78, 5) is 26.9. The molecule has 0 radical (unpaired) electrons. The minimum Gasteiger partial charge on any atom is -0.487 e. The Labute approximate surface area is 183 Å². The van der Waals surface area contributed by atoms with Crippen LogP contribution in [0.4, 0.5) is 0 Å². The smallest absolute Gasteiger partial charge is 0.222 e. The number of hydrogen-bond donors (Lipinski definition) is 1. The predicted octanol–water partition coefficient (Wildman–Crippen LogP) is 2.99. The van der Waals surface area contributed by atoms with Gasteiger partial charge in [-0.05, 0) is 38.3 Å². The molecule has 1 saturated heterocycles. The van der Waals surface area contributed by atoms with Crippen molar-refractivity contribution in [3.63, 3.8) is 0 Å². The number of benzene rings is 1. The van der Waals surface area contributed by atoms with E-state index >= 15 is 0 Å². The van der Waals surface area contributed by atoms with Crippen molar-refractivity contribution < 1.29 is 14.3 Å². The molecule has 7 heteroatoms. The van der Waals surface area contributed by atoms with E-state index in [9.17, 15) is 9.59 Å². The van der Waals surface area contributed by atoms with Crippen LogP contribution in [-0.4, -0.2) is 45.7 Å². The van der Waals surface area contributed by atoms with Gasteiger partial charge in [-0.25, -0.2) is 0 Å². The minimum absolute atomic E-state index is 0.0290. The first-order chi connectivity index (χ1) is 14.8. The van der Waals surface area contributed by atoms with E-state index in [2.05, 4.69) is 10.4 Å². The Bertz CT molecular complexity index is 999. The highest BCUT2D eigenvalue weighted by Gasteiger charge is 2.43. The molecule has 2 aromatic rings. The van der Waals surface area contributed by atoms with E-state index in [-0.39, 0.29) is 17.9 Å². The normalized spacial score (nSPS) is 23.3. The molecular formula is C24H32N4O3. The van der Waals surface area contributed by atoms with Crippen molar-refractivity contribution in [3.05, 3.63) is 46.8 Å². The van der Waals surface area contributed by atoms with Crippen LogP contribution in [0.25, 0.3) is 0 Å². The molecule has 0 bridgehead atoms. The van der Waals surface area contributed by atoms with Crippen molar-refractivity contribution in [3.8, 4) is 5.75 Å². The van der Waals surface area contributed by atoms with E-state index in [1.807, 2.05) is 56.9 Å². The maximum Gasteiger partial charge on any atom is 0.222 e. The number of nitrogens with zero attached hydrogens (tertiary/aromatic N) is 3. The maximum absolute atomic E-state index is 12.9. The summed E-state index contributed by atoms with van der Waals surface area (Å²) in [5.41, 5.74) is 3.82. The Morgan fingerprint density at radius 2 is 2.03 bits per heavy atom. The summed E-state index contributed by atoms with van der Waals surface area (Å²) in [7, 11) is 3.78. The van der Waals surface area contributed by atoms with Crippen molar-refractivity contribution in [1.29, 1.82) is 0 Å². The van der Waals surface area contributed by atoms with Gasteiger partial charge in [0.05, 0.1) is 11.7 Å². The molecule has 2 aliphatic rings. The largest absolute Gasteiger partial charge is 0.487 e. The number of ether oxygens (including phenoxy) is 1. The predicted molar refractivity (Wildman–Crippen MR) is 118 cm³/mol. The van der Waals surface area contributed by atoms with Gasteiger partial charge in [0.1, 0.15) is 11.4 Å². The topological polar surface area (TPSA) is 76.5 Å². The van der Waals surface area contributed by atoms with Crippen LogP contribution in [-0.2, 0) is 23.1 Å². The van der Waals surface area contributed by atoms with E-state index in [1.54, 1.807) is 4.90 Å². The van der Waals surface area contributed by atoms with Gasteiger partial charge in [-0.15, -0.1) is 0 Å². The van der Waals surface area contributed by atoms with Crippen LogP contribution >= 0.6 is 0 Å². The molecule has 7 nitrogen and oxygen atoms in total. The monoisotopic (exact) mass is 424 g/mol. The quantitative estimate of drug-likeness (QED) is 0.819. The van der Waals surface area contributed by atoms with Gasteiger partial charge in [0.2, 0.25) is 11.8 Å². The average molecular weight is 425 g/mol. The highest BCUT2D eigenvalue weighted by atomic mass is 16.5. The third kappa shape index (κ3) is 4.31. The number of amides is 2. The summed E-state index contributed by atoms with van der Waals surface area (Å²) in [6.07, 6.45) is 3.68. The standard InChI is InChI=1S/C24H32N4O3/c1-16-18(17(2)28(4)26-16)9-10-22(29)25-20-15-24(12-11-23(30)27(3)14-13-24)31-21-8-6-5-7-19(20)21/h5-8,20H,9-15H2,1-4H3,(H,25,29)/t20-,24+/m0/s1. The number of aryl methyl sites for hydroxylation is 2. The highest BCUT2D eigenvalue weighted by Crippen LogP contribution is 2.44. The van der Waals surface area contributed by atoms with Crippen molar-refractivity contribution in [2.75, 3.05) is 13.6 Å². The van der Waals surface area contributed by atoms with Crippen molar-refractivity contribution in [2.45, 2.75) is 64.0 Å². The molecule has 0 saturated carbocycles. The third-order valence-corrected chi connectivity index (χ3v) is 6.92. The lowest BCUT2D eigenvalue weighted by Crippen LogP contribution is -2.46. The lowest BCUT2D eigenvalue weighted by atomic mass is 9.82. The number of hydrogen-bond acceptors (Lipinski definition) is 4. The van der Waals surface area contributed by atoms with Gasteiger partial charge in [-0.3, -0.25) is 14.3 Å². The van der Waals surface area contributed by atoms with E-state index in [1.165, 1.54) is 0 Å². The second kappa shape index (κ2) is 8.36. The molecule has 31 heavy (non-hydrogen) atoms. The Hall–Kier alpha value is -2.83. The Morgan fingerprint density at radius 3 is 2.77 bits per heavy atom. The number of carbonyl (C=O) groups is 2. The van der Waals surface area contributed by atoms with Crippen LogP contribution in [0.3, 0.4) is 0 Å². The number of nitrogens with one attached hydrogen (secondary N) is 1. The Kier molecular flexibility index (Phi) is 5.77. The average Bonchev–Trinajstić information content (AvgIpc) is 2.91. The first-order valence-electron chi connectivity index (χ1n) is 11.1. The molecule has 1 aromatic heterocycles. The SMILES string of the molecule is Cc1nn(C)c(C)c1CCC(=O)N[C@H]1C[C@]2(CCC(=O)N(C)CC2)Oc2ccccc21. The summed E-state index contributed by atoms with van der Waals surface area (Å²) < 4.78 is 8.34. The first-order valence-corrected chi connectivity index (χ1v) is 11.1. The van der Waals surface area contributed by atoms with Crippen LogP contribution in [0.2, 0.25) is 0 Å². The van der Waals surface area contributed by atoms with E-state index in [4.69, 9.17) is 4.74 Å². The summed E-state index contributed by atoms with van der Waals surface area (Å²) in [6.45, 7) is 4.69. The van der Waals surface area contributed by atoms with Crippen LogP contribution in [0.5, 0.6) is 5.75 Å². The minimum atomic E-state index is -0.427. The molecule has 0 aliphatic carbocycles. The fourth-order valence-corrected chi connectivity index (χ4v) is 4.88. The van der Waals surface area contributed by atoms with Gasteiger partial charge in [0, 0.05) is 57.6 Å². The molecule has 166 valence electrons. The van der Waals surface area contributed by atoms with Crippen molar-refractivity contribution in [1.82, 2.24) is 20.0 Å². The maximum atomic E-state index is 12.9. The summed E-state index contributed by atoms with van der Waals surface area (Å²) in [5, 5.41) is 7.71. The van der Waals surface area contributed by atoms with Crippen LogP contribution < -0.4 is 10.1 Å². The van der Waals surface area contributed by atoms with E-state index in [0.717, 1.165) is 34.7 Å². The van der Waals surface area contributed by atoms with E-state index in [0.29, 0.717) is 38.6 Å². The Morgan fingerprint density at radius 1 is 1.26 bits per heavy atom. The van der Waals surface area contributed by atoms with Crippen molar-refractivity contribution in [2.24, 2.45) is 7.05 Å². The molecule has 4 rings (SSSR count). The number of carbonyl (C=O) groups excluding carboxylic acids is 2. The molecule has 1 N–H and O–H groups in total. The third-order valence-electron chi connectivity index (χ3n) is 6.92. The zero-order valence-electron chi connectivity index (χ0n) is 18.9. The summed E-state index contributed by atoms with van der Waals surface area (Å²) in [5.74, 6) is 0.999. The highest BCUT2D eigenvalue weighted by molar-refractivity contribution is 5.77. The first kappa shape index (κ1) is 21.4. The van der Waals surface area contributed by atoms with Gasteiger partial charge in [-0.1, -0.05) is 18.2 Å². The second-order valence-electron chi connectivity index (χ2n) is 8.99. The molecule has 3 heterocycles. The van der Waals surface area contributed by atoms with Gasteiger partial charge < -0.3 is 15.0 Å². The molecule has 0 unspecified atom stereocenters. The zero-order chi connectivity index (χ0) is 22.2. The van der Waals surface area contributed by atoms with Gasteiger partial charge >= 0.3 is 0 Å². The molecule has 2 aliphatic heterocycles. The molecule has 2 amide bonds. The summed E-state index contributed by atoms with van der Waals surface area (Å²) in [6, 6.07) is 7.81. The lowest BCUT2D eigenvalue weighted by molar-refractivity contribution is -0.129. The van der Waals surface area contributed by atoms with E-state index < -0.39 is 5.60 Å². The van der Waals surface area contributed by atoms with Gasteiger partial charge in [-0.2, -0.15) is 5.10 Å². The van der Waals surface area contributed by atoms with Crippen LogP contribution in [0.1, 0.15) is 60.7 Å². The number of fused-ring (bicyclic) bond motifs is 1. The number of para-hydroxylation sites is 1. The van der Waals surface area contributed by atoms with Gasteiger partial charge in [0.25, 0.3) is 0 Å². The number of likely N-dealkylation sites (tertiary alicyclic amines) is 1. The Balaban J connectivity index is 1.50. The molecule has 1 aromatic carbocycles. The second-order valence-corrected chi connectivity index (χ2v) is 8.99. The molecular weight excluding hydrogens is 392 g/mol. The number of aromatic nitrogens is 2. The summed E-state index contributed by atoms with van der Waals surface area (Å²) >= 11 is 0. The molecule has 2 atom stereocenters.